The maximum atomic E-state index is 12.2. The standard InChI is InChI=1S/C31H35N3O4/c1-19-6-4-7-25(29(19)38-17-22-11-10-21-15-32-13-12-24(21)20(22)2)26-8-5-9-28(33-26)34-16-23-14-31(23,30(35)36)27(34)18-37-3/h4-11,23,27,32H,12-18H2,1-3H3,(H,35,36)/t23-,27+,31+/m0/s1. The highest BCUT2D eigenvalue weighted by atomic mass is 16.5. The zero-order valence-corrected chi connectivity index (χ0v) is 22.3. The molecule has 3 heterocycles. The first-order valence-electron chi connectivity index (χ1n) is 13.4. The number of ether oxygens (including phenoxy) is 2. The molecule has 2 fully saturated rings. The molecule has 1 aromatic heterocycles. The molecule has 7 nitrogen and oxygen atoms in total. The number of carboxylic acids is 1. The highest BCUT2D eigenvalue weighted by molar-refractivity contribution is 5.82. The van der Waals surface area contributed by atoms with Crippen LogP contribution in [-0.4, -0.2) is 48.9 Å². The molecule has 7 heteroatoms. The minimum atomic E-state index is -0.730. The van der Waals surface area contributed by atoms with Crippen molar-refractivity contribution in [3.63, 3.8) is 0 Å². The van der Waals surface area contributed by atoms with Crippen molar-refractivity contribution in [1.82, 2.24) is 10.3 Å². The Balaban J connectivity index is 1.29. The molecule has 1 saturated carbocycles. The van der Waals surface area contributed by atoms with Crippen molar-refractivity contribution in [1.29, 1.82) is 0 Å². The van der Waals surface area contributed by atoms with Crippen LogP contribution >= 0.6 is 0 Å². The summed E-state index contributed by atoms with van der Waals surface area (Å²) >= 11 is 0. The largest absolute Gasteiger partial charge is 0.488 e. The highest BCUT2D eigenvalue weighted by Crippen LogP contribution is 2.62. The van der Waals surface area contributed by atoms with Crippen LogP contribution in [-0.2, 0) is 29.1 Å². The third-order valence-electron chi connectivity index (χ3n) is 8.83. The molecular weight excluding hydrogens is 478 g/mol. The summed E-state index contributed by atoms with van der Waals surface area (Å²) in [6.07, 6.45) is 1.76. The number of nitrogens with zero attached hydrogens (tertiary/aromatic N) is 2. The Morgan fingerprint density at radius 2 is 2.03 bits per heavy atom. The van der Waals surface area contributed by atoms with E-state index in [1.54, 1.807) is 7.11 Å². The van der Waals surface area contributed by atoms with Crippen LogP contribution in [0.4, 0.5) is 5.82 Å². The SMILES string of the molecule is COC[C@H]1N(c2cccc(-c3cccc(C)c3OCc3ccc4c(c3C)CCNC4)n2)C[C@@H]2C[C@@]21C(=O)O. The number of hydrogen-bond acceptors (Lipinski definition) is 6. The van der Waals surface area contributed by atoms with Crippen LogP contribution in [0.5, 0.6) is 5.75 Å². The van der Waals surface area contributed by atoms with Gasteiger partial charge in [-0.2, -0.15) is 0 Å². The molecule has 1 saturated heterocycles. The zero-order chi connectivity index (χ0) is 26.4. The lowest BCUT2D eigenvalue weighted by atomic mass is 9.93. The quantitative estimate of drug-likeness (QED) is 0.458. The molecule has 0 amide bonds. The van der Waals surface area contributed by atoms with Gasteiger partial charge in [-0.25, -0.2) is 4.98 Å². The van der Waals surface area contributed by atoms with E-state index in [-0.39, 0.29) is 12.0 Å². The van der Waals surface area contributed by atoms with Gasteiger partial charge in [0, 0.05) is 25.8 Å². The van der Waals surface area contributed by atoms with E-state index in [2.05, 4.69) is 42.3 Å². The first-order chi connectivity index (χ1) is 18.4. The molecule has 2 aromatic carbocycles. The summed E-state index contributed by atoms with van der Waals surface area (Å²) in [5.41, 5.74) is 7.43. The summed E-state index contributed by atoms with van der Waals surface area (Å²) in [6.45, 7) is 7.75. The molecule has 1 aliphatic carbocycles. The molecule has 0 unspecified atom stereocenters. The summed E-state index contributed by atoms with van der Waals surface area (Å²) in [4.78, 5) is 19.3. The molecule has 3 atom stereocenters. The van der Waals surface area contributed by atoms with Crippen molar-refractivity contribution in [2.24, 2.45) is 11.3 Å². The molecule has 0 radical (unpaired) electrons. The van der Waals surface area contributed by atoms with E-state index in [1.165, 1.54) is 22.3 Å². The Kier molecular flexibility index (Phi) is 6.36. The van der Waals surface area contributed by atoms with Crippen molar-refractivity contribution in [2.75, 3.05) is 31.7 Å². The van der Waals surface area contributed by atoms with Crippen molar-refractivity contribution in [3.05, 3.63) is 76.3 Å². The van der Waals surface area contributed by atoms with Gasteiger partial charge in [-0.3, -0.25) is 4.79 Å². The van der Waals surface area contributed by atoms with Crippen LogP contribution in [0.2, 0.25) is 0 Å². The predicted molar refractivity (Wildman–Crippen MR) is 147 cm³/mol. The van der Waals surface area contributed by atoms with Gasteiger partial charge in [-0.15, -0.1) is 0 Å². The number of pyridine rings is 1. The molecule has 2 aliphatic heterocycles. The molecule has 0 bridgehead atoms. The van der Waals surface area contributed by atoms with Crippen molar-refractivity contribution in [3.8, 4) is 17.0 Å². The Morgan fingerprint density at radius 1 is 1.18 bits per heavy atom. The average molecular weight is 514 g/mol. The van der Waals surface area contributed by atoms with Gasteiger partial charge >= 0.3 is 5.97 Å². The molecular formula is C31H35N3O4. The Bertz CT molecular complexity index is 1390. The second-order valence-electron chi connectivity index (χ2n) is 10.9. The van der Waals surface area contributed by atoms with E-state index >= 15 is 0 Å². The van der Waals surface area contributed by atoms with E-state index in [0.717, 1.165) is 47.9 Å². The van der Waals surface area contributed by atoms with E-state index in [4.69, 9.17) is 14.5 Å². The van der Waals surface area contributed by atoms with E-state index in [9.17, 15) is 9.90 Å². The van der Waals surface area contributed by atoms with Gasteiger partial charge in [-0.05, 0) is 85.2 Å². The topological polar surface area (TPSA) is 83.9 Å². The van der Waals surface area contributed by atoms with Crippen LogP contribution < -0.4 is 15.0 Å². The monoisotopic (exact) mass is 513 g/mol. The Labute approximate surface area is 223 Å². The fourth-order valence-electron chi connectivity index (χ4n) is 6.58. The zero-order valence-electron chi connectivity index (χ0n) is 22.3. The fourth-order valence-corrected chi connectivity index (χ4v) is 6.58. The van der Waals surface area contributed by atoms with Crippen molar-refractivity contribution in [2.45, 2.75) is 45.9 Å². The Morgan fingerprint density at radius 3 is 2.84 bits per heavy atom. The lowest BCUT2D eigenvalue weighted by Gasteiger charge is -2.31. The number of para-hydroxylation sites is 1. The van der Waals surface area contributed by atoms with Crippen LogP contribution in [0.1, 0.15) is 34.2 Å². The van der Waals surface area contributed by atoms with Gasteiger partial charge in [0.05, 0.1) is 23.8 Å². The molecule has 6 rings (SSSR count). The number of carbonyl (C=O) groups is 1. The number of rotatable bonds is 8. The second-order valence-corrected chi connectivity index (χ2v) is 10.9. The summed E-state index contributed by atoms with van der Waals surface area (Å²) in [5.74, 6) is 1.02. The lowest BCUT2D eigenvalue weighted by Crippen LogP contribution is -2.43. The van der Waals surface area contributed by atoms with Crippen LogP contribution in [0.3, 0.4) is 0 Å². The van der Waals surface area contributed by atoms with E-state index in [1.807, 2.05) is 30.3 Å². The number of nitrogens with one attached hydrogen (secondary N) is 1. The molecule has 3 aliphatic rings. The first kappa shape index (κ1) is 24.9. The number of benzene rings is 2. The summed E-state index contributed by atoms with van der Waals surface area (Å²) in [5, 5.41) is 13.4. The summed E-state index contributed by atoms with van der Waals surface area (Å²) in [6, 6.07) is 16.3. The van der Waals surface area contributed by atoms with Gasteiger partial charge in [0.1, 0.15) is 18.2 Å². The molecule has 3 aromatic rings. The minimum absolute atomic E-state index is 0.138. The number of fused-ring (bicyclic) bond motifs is 2. The number of aromatic nitrogens is 1. The van der Waals surface area contributed by atoms with Gasteiger partial charge in [0.2, 0.25) is 0 Å². The first-order valence-corrected chi connectivity index (χ1v) is 13.4. The smallest absolute Gasteiger partial charge is 0.312 e. The third kappa shape index (κ3) is 4.05. The number of piperidine rings is 1. The highest BCUT2D eigenvalue weighted by Gasteiger charge is 2.71. The number of aryl methyl sites for hydroxylation is 1. The molecule has 198 valence electrons. The van der Waals surface area contributed by atoms with E-state index < -0.39 is 11.4 Å². The molecule has 2 N–H and O–H groups in total. The second kappa shape index (κ2) is 9.71. The van der Waals surface area contributed by atoms with Gasteiger partial charge in [0.15, 0.2) is 0 Å². The molecule has 38 heavy (non-hydrogen) atoms. The lowest BCUT2D eigenvalue weighted by molar-refractivity contribution is -0.144. The van der Waals surface area contributed by atoms with Crippen LogP contribution in [0.25, 0.3) is 11.3 Å². The van der Waals surface area contributed by atoms with Gasteiger partial charge in [0.25, 0.3) is 0 Å². The fraction of sp³-hybridized carbons (Fsp3) is 0.419. The minimum Gasteiger partial charge on any atom is -0.488 e. The average Bonchev–Trinajstić information content (AvgIpc) is 3.58. The Hall–Kier alpha value is -3.42. The molecule has 0 spiro atoms. The third-order valence-corrected chi connectivity index (χ3v) is 8.83. The van der Waals surface area contributed by atoms with Crippen molar-refractivity contribution < 1.29 is 19.4 Å². The summed E-state index contributed by atoms with van der Waals surface area (Å²) in [7, 11) is 1.63. The van der Waals surface area contributed by atoms with Crippen LogP contribution in [0, 0.1) is 25.2 Å². The van der Waals surface area contributed by atoms with Gasteiger partial charge in [-0.1, -0.05) is 30.3 Å². The maximum absolute atomic E-state index is 12.2. The normalized spacial score (nSPS) is 23.6. The maximum Gasteiger partial charge on any atom is 0.312 e. The van der Waals surface area contributed by atoms with E-state index in [0.29, 0.717) is 26.2 Å². The number of aliphatic carboxylic acids is 1. The number of carboxylic acid groups (broad SMARTS) is 1. The predicted octanol–water partition coefficient (Wildman–Crippen LogP) is 4.52. The number of methoxy groups -OCH3 is 1. The van der Waals surface area contributed by atoms with Crippen LogP contribution in [0.15, 0.2) is 48.5 Å². The van der Waals surface area contributed by atoms with Gasteiger partial charge < -0.3 is 24.8 Å². The number of hydrogen-bond donors (Lipinski definition) is 2. The summed E-state index contributed by atoms with van der Waals surface area (Å²) < 4.78 is 12.0. The van der Waals surface area contributed by atoms with Crippen molar-refractivity contribution >= 4 is 11.8 Å². The number of anilines is 1.